The molecule has 0 unspecified atom stereocenters. The average molecular weight is 383 g/mol. The van der Waals surface area contributed by atoms with Crippen molar-refractivity contribution in [2.45, 2.75) is 19.8 Å². The van der Waals surface area contributed by atoms with Gasteiger partial charge in [0.25, 0.3) is 0 Å². The van der Waals surface area contributed by atoms with Gasteiger partial charge in [-0.2, -0.15) is 4.98 Å². The molecule has 10 heteroatoms. The Bertz CT molecular complexity index is 971. The zero-order chi connectivity index (χ0) is 20.1. The number of furan rings is 1. The highest BCUT2D eigenvalue weighted by molar-refractivity contribution is 5.92. The minimum atomic E-state index is -0.695. The molecular weight excluding hydrogens is 366 g/mol. The topological polar surface area (TPSA) is 132 Å². The van der Waals surface area contributed by atoms with Crippen LogP contribution in [0.3, 0.4) is 0 Å². The van der Waals surface area contributed by atoms with Gasteiger partial charge in [-0.3, -0.25) is 25.8 Å². The van der Waals surface area contributed by atoms with Crippen LogP contribution >= 0.6 is 0 Å². The van der Waals surface area contributed by atoms with E-state index in [-0.39, 0.29) is 17.5 Å². The van der Waals surface area contributed by atoms with E-state index in [0.29, 0.717) is 11.7 Å². The van der Waals surface area contributed by atoms with Crippen molar-refractivity contribution in [1.82, 2.24) is 15.4 Å². The van der Waals surface area contributed by atoms with Crippen molar-refractivity contribution < 1.29 is 18.9 Å². The lowest BCUT2D eigenvalue weighted by molar-refractivity contribution is -0.385. The van der Waals surface area contributed by atoms with E-state index in [1.54, 1.807) is 18.2 Å². The number of nitrogens with one attached hydrogen (secondary N) is 2. The van der Waals surface area contributed by atoms with Crippen molar-refractivity contribution in [1.29, 1.82) is 0 Å². The molecule has 1 amide bonds. The second-order valence-corrected chi connectivity index (χ2v) is 6.02. The van der Waals surface area contributed by atoms with Crippen LogP contribution in [0.1, 0.15) is 35.9 Å². The quantitative estimate of drug-likeness (QED) is 0.467. The Morgan fingerprint density at radius 2 is 1.96 bits per heavy atom. The lowest BCUT2D eigenvalue weighted by atomic mass is 10.0. The number of amides is 1. The summed E-state index contributed by atoms with van der Waals surface area (Å²) in [5.41, 5.74) is 5.26. The minimum absolute atomic E-state index is 0.0333. The molecule has 0 saturated heterocycles. The highest BCUT2D eigenvalue weighted by Crippen LogP contribution is 2.34. The van der Waals surface area contributed by atoms with Crippen molar-refractivity contribution in [3.63, 3.8) is 0 Å². The van der Waals surface area contributed by atoms with Gasteiger partial charge in [-0.1, -0.05) is 26.0 Å². The van der Waals surface area contributed by atoms with Crippen LogP contribution in [-0.2, 0) is 0 Å². The molecule has 0 aliphatic heterocycles. The van der Waals surface area contributed by atoms with Gasteiger partial charge in [0.05, 0.1) is 11.2 Å². The number of hydrogen-bond acceptors (Lipinski definition) is 8. The molecule has 144 valence electrons. The number of ether oxygens (including phenoxy) is 1. The zero-order valence-electron chi connectivity index (χ0n) is 15.1. The third-order valence-corrected chi connectivity index (χ3v) is 3.77. The van der Waals surface area contributed by atoms with E-state index in [9.17, 15) is 14.9 Å². The summed E-state index contributed by atoms with van der Waals surface area (Å²) >= 11 is 0. The summed E-state index contributed by atoms with van der Waals surface area (Å²) in [6.07, 6.45) is 2.42. The van der Waals surface area contributed by atoms with Crippen LogP contribution < -0.4 is 15.6 Å². The second-order valence-electron chi connectivity index (χ2n) is 6.02. The Morgan fingerprint density at radius 3 is 2.57 bits per heavy atom. The van der Waals surface area contributed by atoms with E-state index in [1.165, 1.54) is 12.3 Å². The van der Waals surface area contributed by atoms with Crippen LogP contribution in [-0.4, -0.2) is 20.8 Å². The summed E-state index contributed by atoms with van der Waals surface area (Å²) in [6, 6.07) is 10.1. The molecule has 3 aromatic rings. The molecule has 2 heterocycles. The van der Waals surface area contributed by atoms with Crippen LogP contribution in [0.5, 0.6) is 11.6 Å². The fourth-order valence-electron chi connectivity index (χ4n) is 2.31. The van der Waals surface area contributed by atoms with E-state index >= 15 is 0 Å². The molecular formula is C18H17N5O5. The second kappa shape index (κ2) is 8.16. The van der Waals surface area contributed by atoms with Gasteiger partial charge >= 0.3 is 17.5 Å². The summed E-state index contributed by atoms with van der Waals surface area (Å²) in [7, 11) is 0. The minimum Gasteiger partial charge on any atom is -0.459 e. The Labute approximate surface area is 159 Å². The molecule has 28 heavy (non-hydrogen) atoms. The van der Waals surface area contributed by atoms with Crippen molar-refractivity contribution in [3.8, 4) is 11.6 Å². The number of nitro groups is 1. The Balaban J connectivity index is 1.81. The van der Waals surface area contributed by atoms with Gasteiger partial charge in [0.15, 0.2) is 5.76 Å². The van der Waals surface area contributed by atoms with Gasteiger partial charge in [0.2, 0.25) is 5.82 Å². The van der Waals surface area contributed by atoms with E-state index in [0.717, 1.165) is 11.9 Å². The third-order valence-electron chi connectivity index (χ3n) is 3.77. The van der Waals surface area contributed by atoms with Crippen molar-refractivity contribution in [2.75, 3.05) is 5.43 Å². The predicted molar refractivity (Wildman–Crippen MR) is 99.1 cm³/mol. The van der Waals surface area contributed by atoms with Crippen LogP contribution in [0, 0.1) is 10.1 Å². The average Bonchev–Trinajstić information content (AvgIpc) is 3.21. The van der Waals surface area contributed by atoms with Gasteiger partial charge < -0.3 is 9.15 Å². The number of carbonyl (C=O) groups is 1. The number of nitrogens with zero attached hydrogens (tertiary/aromatic N) is 3. The number of rotatable bonds is 7. The van der Waals surface area contributed by atoms with Gasteiger partial charge in [-0.05, 0) is 35.7 Å². The molecule has 2 N–H and O–H groups in total. The summed E-state index contributed by atoms with van der Waals surface area (Å²) in [6.45, 7) is 4.11. The first-order valence-electron chi connectivity index (χ1n) is 8.32. The molecule has 3 rings (SSSR count). The smallest absolute Gasteiger partial charge is 0.374 e. The van der Waals surface area contributed by atoms with Gasteiger partial charge in [0.1, 0.15) is 12.1 Å². The molecule has 0 aliphatic rings. The zero-order valence-corrected chi connectivity index (χ0v) is 15.1. The molecule has 0 bridgehead atoms. The molecule has 10 nitrogen and oxygen atoms in total. The largest absolute Gasteiger partial charge is 0.459 e. The third kappa shape index (κ3) is 4.23. The van der Waals surface area contributed by atoms with Gasteiger partial charge in [-0.15, -0.1) is 0 Å². The maximum atomic E-state index is 11.9. The summed E-state index contributed by atoms with van der Waals surface area (Å²) in [5.74, 6) is -0.343. The van der Waals surface area contributed by atoms with Crippen LogP contribution in [0.15, 0.2) is 53.4 Å². The molecule has 0 radical (unpaired) electrons. The number of aromatic nitrogens is 2. The summed E-state index contributed by atoms with van der Waals surface area (Å²) < 4.78 is 10.5. The first kappa shape index (κ1) is 18.8. The monoisotopic (exact) mass is 383 g/mol. The molecule has 0 aliphatic carbocycles. The van der Waals surface area contributed by atoms with Crippen molar-refractivity contribution in [2.24, 2.45) is 0 Å². The van der Waals surface area contributed by atoms with E-state index in [2.05, 4.69) is 34.7 Å². The van der Waals surface area contributed by atoms with Crippen LogP contribution in [0.25, 0.3) is 0 Å². The standard InChI is InChI=1S/C18H17N5O5/c1-11(2)12-5-7-13(8-6-12)28-18-15(23(25)26)16(19-10-20-18)21-22-17(24)14-4-3-9-27-14/h3-11H,1-2H3,(H,22,24)(H,19,20,21). The fraction of sp³-hybridized carbons (Fsp3) is 0.167. The molecule has 0 saturated carbocycles. The normalized spacial score (nSPS) is 10.5. The fourth-order valence-corrected chi connectivity index (χ4v) is 2.31. The first-order chi connectivity index (χ1) is 13.5. The van der Waals surface area contributed by atoms with Crippen LogP contribution in [0.2, 0.25) is 0 Å². The predicted octanol–water partition coefficient (Wildman–Crippen LogP) is 3.65. The molecule has 0 fully saturated rings. The van der Waals surface area contributed by atoms with E-state index < -0.39 is 16.5 Å². The van der Waals surface area contributed by atoms with E-state index in [4.69, 9.17) is 9.15 Å². The molecule has 0 spiro atoms. The van der Waals surface area contributed by atoms with Crippen molar-refractivity contribution in [3.05, 3.63) is 70.4 Å². The Kier molecular flexibility index (Phi) is 5.49. The number of benzene rings is 1. The van der Waals surface area contributed by atoms with E-state index in [1.807, 2.05) is 12.1 Å². The number of anilines is 1. The maximum absolute atomic E-state index is 11.9. The highest BCUT2D eigenvalue weighted by Gasteiger charge is 2.25. The first-order valence-corrected chi connectivity index (χ1v) is 8.32. The summed E-state index contributed by atoms with van der Waals surface area (Å²) in [5, 5.41) is 11.5. The summed E-state index contributed by atoms with van der Waals surface area (Å²) in [4.78, 5) is 30.4. The maximum Gasteiger partial charge on any atom is 0.374 e. The molecule has 1 aromatic carbocycles. The SMILES string of the molecule is CC(C)c1ccc(Oc2ncnc(NNC(=O)c3ccco3)c2[N+](=O)[O-])cc1. The Morgan fingerprint density at radius 1 is 1.21 bits per heavy atom. The number of hydrazine groups is 1. The lowest BCUT2D eigenvalue weighted by Crippen LogP contribution is -2.30. The van der Waals surface area contributed by atoms with Gasteiger partial charge in [0, 0.05) is 0 Å². The Hall–Kier alpha value is -3.95. The number of hydrogen-bond donors (Lipinski definition) is 2. The number of carbonyl (C=O) groups excluding carboxylic acids is 1. The molecule has 0 atom stereocenters. The van der Waals surface area contributed by atoms with Crippen molar-refractivity contribution >= 4 is 17.4 Å². The lowest BCUT2D eigenvalue weighted by Gasteiger charge is -2.10. The van der Waals surface area contributed by atoms with Crippen LogP contribution in [0.4, 0.5) is 11.5 Å². The van der Waals surface area contributed by atoms with Gasteiger partial charge in [-0.25, -0.2) is 4.98 Å². The highest BCUT2D eigenvalue weighted by atomic mass is 16.6. The molecule has 2 aromatic heterocycles.